The zero-order valence-electron chi connectivity index (χ0n) is 17.6. The van der Waals surface area contributed by atoms with Gasteiger partial charge in [0, 0.05) is 32.7 Å². The molecular formula is C29H32PY+. The molecule has 0 bridgehead atoms. The van der Waals surface area contributed by atoms with E-state index in [-0.39, 0.29) is 40.1 Å². The molecule has 4 aromatic carbocycles. The van der Waals surface area contributed by atoms with E-state index >= 15 is 0 Å². The molecule has 1 radical (unpaired) electrons. The summed E-state index contributed by atoms with van der Waals surface area (Å²) in [5.74, 6) is 0. The molecule has 0 N–H and O–H groups in total. The minimum absolute atomic E-state index is 0. The number of rotatable bonds is 7. The first-order chi connectivity index (χ1) is 14.3. The van der Waals surface area contributed by atoms with Gasteiger partial charge in [0.15, 0.2) is 0 Å². The summed E-state index contributed by atoms with van der Waals surface area (Å²) < 4.78 is 0. The van der Waals surface area contributed by atoms with Crippen LogP contribution < -0.4 is 15.9 Å². The van der Waals surface area contributed by atoms with E-state index in [0.717, 1.165) is 12.6 Å². The average Bonchev–Trinajstić information content (AvgIpc) is 2.80. The predicted molar refractivity (Wildman–Crippen MR) is 136 cm³/mol. The zero-order valence-corrected chi connectivity index (χ0v) is 21.3. The maximum absolute atomic E-state index is 2.34. The van der Waals surface area contributed by atoms with Gasteiger partial charge in [0.25, 0.3) is 0 Å². The normalized spacial score (nSPS) is 10.6. The van der Waals surface area contributed by atoms with Crippen LogP contribution in [0.25, 0.3) is 0 Å². The van der Waals surface area contributed by atoms with Crippen LogP contribution in [-0.4, -0.2) is 0 Å². The average molecular weight is 500 g/mol. The first-order valence-electron chi connectivity index (χ1n) is 10.5. The van der Waals surface area contributed by atoms with Crippen molar-refractivity contribution in [1.82, 2.24) is 0 Å². The third-order valence-corrected chi connectivity index (χ3v) is 9.95. The van der Waals surface area contributed by atoms with Crippen LogP contribution in [-0.2, 0) is 45.3 Å². The summed E-state index contributed by atoms with van der Waals surface area (Å²) in [5.41, 5.74) is 2.84. The molecule has 155 valence electrons. The predicted octanol–water partition coefficient (Wildman–Crippen LogP) is 6.77. The SMILES string of the molecule is C.CCCc1ccc(C[P+](c2ccccc2)(c2ccccc2)c2ccccc2)cc1.[Y]. The van der Waals surface area contributed by atoms with Gasteiger partial charge in [-0.25, -0.2) is 0 Å². The molecule has 0 saturated heterocycles. The molecule has 0 amide bonds. The molecule has 0 aliphatic carbocycles. The third kappa shape index (κ3) is 5.81. The molecule has 0 saturated carbocycles. The van der Waals surface area contributed by atoms with E-state index in [1.807, 2.05) is 0 Å². The van der Waals surface area contributed by atoms with E-state index in [2.05, 4.69) is 122 Å². The molecule has 31 heavy (non-hydrogen) atoms. The van der Waals surface area contributed by atoms with Gasteiger partial charge in [0.05, 0.1) is 6.16 Å². The van der Waals surface area contributed by atoms with Crippen molar-refractivity contribution in [2.24, 2.45) is 0 Å². The van der Waals surface area contributed by atoms with Gasteiger partial charge in [-0.15, -0.1) is 0 Å². The molecule has 0 fully saturated rings. The van der Waals surface area contributed by atoms with Gasteiger partial charge in [0.1, 0.15) is 23.2 Å². The van der Waals surface area contributed by atoms with Crippen molar-refractivity contribution in [1.29, 1.82) is 0 Å². The molecule has 4 aromatic rings. The molecule has 0 heterocycles. The summed E-state index contributed by atoms with van der Waals surface area (Å²) in [7, 11) is -1.81. The Balaban J connectivity index is 0.00000171. The van der Waals surface area contributed by atoms with Crippen LogP contribution in [0, 0.1) is 0 Å². The Bertz CT molecular complexity index is 916. The Morgan fingerprint density at radius 1 is 0.516 bits per heavy atom. The van der Waals surface area contributed by atoms with E-state index in [1.54, 1.807) is 0 Å². The van der Waals surface area contributed by atoms with Gasteiger partial charge < -0.3 is 0 Å². The summed E-state index contributed by atoms with van der Waals surface area (Å²) in [5, 5.41) is 4.32. The Kier molecular flexibility index (Phi) is 10.3. The summed E-state index contributed by atoms with van der Waals surface area (Å²) in [6.45, 7) is 2.24. The second kappa shape index (κ2) is 12.5. The van der Waals surface area contributed by atoms with Crippen LogP contribution in [0.5, 0.6) is 0 Å². The Morgan fingerprint density at radius 2 is 0.871 bits per heavy atom. The van der Waals surface area contributed by atoms with E-state index in [1.165, 1.54) is 33.5 Å². The molecule has 4 rings (SSSR count). The monoisotopic (exact) mass is 500 g/mol. The molecule has 0 aliphatic heterocycles. The van der Waals surface area contributed by atoms with E-state index < -0.39 is 7.26 Å². The van der Waals surface area contributed by atoms with Crippen molar-refractivity contribution in [3.8, 4) is 0 Å². The fourth-order valence-electron chi connectivity index (χ4n) is 4.14. The molecule has 0 nitrogen and oxygen atoms in total. The van der Waals surface area contributed by atoms with E-state index in [4.69, 9.17) is 0 Å². The first-order valence-corrected chi connectivity index (χ1v) is 12.4. The van der Waals surface area contributed by atoms with Crippen molar-refractivity contribution in [3.05, 3.63) is 126 Å². The fourth-order valence-corrected chi connectivity index (χ4v) is 8.39. The van der Waals surface area contributed by atoms with Crippen LogP contribution in [0.3, 0.4) is 0 Å². The van der Waals surface area contributed by atoms with Crippen LogP contribution >= 0.6 is 7.26 Å². The topological polar surface area (TPSA) is 0 Å². The van der Waals surface area contributed by atoms with Gasteiger partial charge in [-0.05, 0) is 53.9 Å². The van der Waals surface area contributed by atoms with Gasteiger partial charge in [-0.1, -0.05) is 99.6 Å². The van der Waals surface area contributed by atoms with Crippen molar-refractivity contribution < 1.29 is 32.7 Å². The van der Waals surface area contributed by atoms with Crippen LogP contribution in [0.4, 0.5) is 0 Å². The Labute approximate surface area is 214 Å². The number of hydrogen-bond donors (Lipinski definition) is 0. The summed E-state index contributed by atoms with van der Waals surface area (Å²) in [6, 6.07) is 42.7. The van der Waals surface area contributed by atoms with Crippen LogP contribution in [0.2, 0.25) is 0 Å². The van der Waals surface area contributed by atoms with Gasteiger partial charge in [-0.3, -0.25) is 0 Å². The quantitative estimate of drug-likeness (QED) is 0.246. The zero-order chi connectivity index (χ0) is 19.9. The molecule has 0 spiro atoms. The summed E-state index contributed by atoms with van der Waals surface area (Å²) in [4.78, 5) is 0. The minimum Gasteiger partial charge on any atom is -0.0776 e. The van der Waals surface area contributed by atoms with Gasteiger partial charge in [0.2, 0.25) is 0 Å². The van der Waals surface area contributed by atoms with Crippen LogP contribution in [0.1, 0.15) is 31.9 Å². The van der Waals surface area contributed by atoms with Gasteiger partial charge in [-0.2, -0.15) is 0 Å². The Morgan fingerprint density at radius 3 is 1.23 bits per heavy atom. The van der Waals surface area contributed by atoms with Crippen molar-refractivity contribution in [2.45, 2.75) is 33.4 Å². The van der Waals surface area contributed by atoms with Crippen molar-refractivity contribution in [3.63, 3.8) is 0 Å². The molecule has 0 unspecified atom stereocenters. The summed E-state index contributed by atoms with van der Waals surface area (Å²) in [6.07, 6.45) is 3.38. The largest absolute Gasteiger partial charge is 0.116 e. The molecular weight excluding hydrogens is 468 g/mol. The van der Waals surface area contributed by atoms with Crippen LogP contribution in [0.15, 0.2) is 115 Å². The maximum Gasteiger partial charge on any atom is 0.116 e. The standard InChI is InChI=1S/C28H28P.CH4.Y/c1-2-12-24-19-21-25(22-20-24)23-29(26-13-6-3-7-14-26,27-15-8-4-9-16-27)28-17-10-5-11-18-28;;/h3-11,13-22H,2,12,23H2,1H3;1H4;/q+1;;. The first kappa shape index (κ1) is 25.7. The van der Waals surface area contributed by atoms with Crippen molar-refractivity contribution in [2.75, 3.05) is 0 Å². The van der Waals surface area contributed by atoms with Gasteiger partial charge >= 0.3 is 0 Å². The second-order valence-corrected chi connectivity index (χ2v) is 11.0. The minimum atomic E-state index is -1.81. The van der Waals surface area contributed by atoms with Crippen molar-refractivity contribution >= 4 is 23.2 Å². The molecule has 0 aliphatic rings. The number of aryl methyl sites for hydroxylation is 1. The molecule has 0 aromatic heterocycles. The molecule has 2 heteroatoms. The summed E-state index contributed by atoms with van der Waals surface area (Å²) >= 11 is 0. The smallest absolute Gasteiger partial charge is 0.0776 e. The molecule has 0 atom stereocenters. The van der Waals surface area contributed by atoms with E-state index in [9.17, 15) is 0 Å². The number of hydrogen-bond acceptors (Lipinski definition) is 0. The Hall–Kier alpha value is -1.59. The second-order valence-electron chi connectivity index (χ2n) is 7.54. The van der Waals surface area contributed by atoms with E-state index in [0.29, 0.717) is 0 Å². The third-order valence-electron chi connectivity index (χ3n) is 5.57. The maximum atomic E-state index is 2.34. The number of benzene rings is 4. The fraction of sp³-hybridized carbons (Fsp3) is 0.172.